The SMILES string of the molecule is CNCc1cnc(Sc2nc(C)c(C)c(C)n2)nc1. The van der Waals surface area contributed by atoms with Crippen molar-refractivity contribution in [2.45, 2.75) is 37.6 Å². The van der Waals surface area contributed by atoms with Crippen LogP contribution in [-0.4, -0.2) is 27.0 Å². The van der Waals surface area contributed by atoms with Crippen molar-refractivity contribution in [3.8, 4) is 0 Å². The average molecular weight is 275 g/mol. The molecule has 2 aromatic heterocycles. The maximum atomic E-state index is 4.45. The van der Waals surface area contributed by atoms with E-state index in [4.69, 9.17) is 0 Å². The minimum atomic E-state index is 0.669. The summed E-state index contributed by atoms with van der Waals surface area (Å²) in [6, 6.07) is 0. The highest BCUT2D eigenvalue weighted by Crippen LogP contribution is 2.22. The van der Waals surface area contributed by atoms with Crippen LogP contribution in [0.3, 0.4) is 0 Å². The van der Waals surface area contributed by atoms with Crippen LogP contribution in [0.2, 0.25) is 0 Å². The molecule has 0 atom stereocenters. The quantitative estimate of drug-likeness (QED) is 0.862. The van der Waals surface area contributed by atoms with Crippen molar-refractivity contribution in [1.82, 2.24) is 25.3 Å². The molecule has 0 spiro atoms. The molecule has 0 saturated heterocycles. The molecule has 0 amide bonds. The molecule has 0 bridgehead atoms. The maximum Gasteiger partial charge on any atom is 0.195 e. The van der Waals surface area contributed by atoms with Gasteiger partial charge in [-0.3, -0.25) is 0 Å². The first-order valence-corrected chi connectivity index (χ1v) is 6.87. The van der Waals surface area contributed by atoms with Crippen molar-refractivity contribution in [1.29, 1.82) is 0 Å². The van der Waals surface area contributed by atoms with E-state index in [0.717, 1.165) is 29.1 Å². The van der Waals surface area contributed by atoms with E-state index in [1.165, 1.54) is 11.8 Å². The third-order valence-electron chi connectivity index (χ3n) is 2.86. The monoisotopic (exact) mass is 275 g/mol. The number of rotatable bonds is 4. The molecule has 2 aromatic rings. The molecule has 0 aromatic carbocycles. The zero-order valence-corrected chi connectivity index (χ0v) is 12.4. The Morgan fingerprint density at radius 2 is 1.58 bits per heavy atom. The van der Waals surface area contributed by atoms with Gasteiger partial charge in [0.1, 0.15) is 0 Å². The van der Waals surface area contributed by atoms with Gasteiger partial charge >= 0.3 is 0 Å². The number of nitrogens with one attached hydrogen (secondary N) is 1. The molecule has 0 aliphatic carbocycles. The second-order valence-electron chi connectivity index (χ2n) is 4.31. The lowest BCUT2D eigenvalue weighted by atomic mass is 10.2. The zero-order valence-electron chi connectivity index (χ0n) is 11.6. The highest BCUT2D eigenvalue weighted by Gasteiger charge is 2.08. The highest BCUT2D eigenvalue weighted by atomic mass is 32.2. The molecule has 5 nitrogen and oxygen atoms in total. The van der Waals surface area contributed by atoms with Gasteiger partial charge in [-0.1, -0.05) is 0 Å². The Kier molecular flexibility index (Phi) is 4.44. The van der Waals surface area contributed by atoms with Crippen molar-refractivity contribution in [2.24, 2.45) is 0 Å². The Labute approximate surface area is 117 Å². The summed E-state index contributed by atoms with van der Waals surface area (Å²) < 4.78 is 0. The third-order valence-corrected chi connectivity index (χ3v) is 3.62. The molecule has 0 radical (unpaired) electrons. The van der Waals surface area contributed by atoms with Gasteiger partial charge in [0.05, 0.1) is 0 Å². The van der Waals surface area contributed by atoms with Gasteiger partial charge in [0.15, 0.2) is 10.3 Å². The molecular weight excluding hydrogens is 258 g/mol. The Hall–Kier alpha value is -1.53. The van der Waals surface area contributed by atoms with Gasteiger partial charge < -0.3 is 5.32 Å². The van der Waals surface area contributed by atoms with E-state index in [1.54, 1.807) is 0 Å². The standard InChI is InChI=1S/C13H17N5S/c1-8-9(2)17-13(18-10(8)3)19-12-15-6-11(5-14-4)7-16-12/h6-7,14H,5H2,1-4H3. The molecule has 1 N–H and O–H groups in total. The second-order valence-corrected chi connectivity index (χ2v) is 5.24. The van der Waals surface area contributed by atoms with Crippen molar-refractivity contribution in [3.63, 3.8) is 0 Å². The first kappa shape index (κ1) is 13.9. The second kappa shape index (κ2) is 6.08. The lowest BCUT2D eigenvalue weighted by Crippen LogP contribution is -2.06. The molecule has 0 aliphatic rings. The Balaban J connectivity index is 2.17. The predicted octanol–water partition coefficient (Wildman–Crippen LogP) is 2.06. The van der Waals surface area contributed by atoms with Crippen LogP contribution in [0.5, 0.6) is 0 Å². The van der Waals surface area contributed by atoms with Crippen molar-refractivity contribution < 1.29 is 0 Å². The van der Waals surface area contributed by atoms with Crippen LogP contribution in [0.1, 0.15) is 22.5 Å². The van der Waals surface area contributed by atoms with Gasteiger partial charge in [-0.15, -0.1) is 0 Å². The predicted molar refractivity (Wildman–Crippen MR) is 75.2 cm³/mol. The van der Waals surface area contributed by atoms with Gasteiger partial charge in [-0.05, 0) is 45.1 Å². The highest BCUT2D eigenvalue weighted by molar-refractivity contribution is 7.99. The molecule has 100 valence electrons. The molecule has 0 aliphatic heterocycles. The van der Waals surface area contributed by atoms with E-state index in [1.807, 2.05) is 40.2 Å². The summed E-state index contributed by atoms with van der Waals surface area (Å²) in [7, 11) is 1.90. The molecule has 0 saturated carbocycles. The summed E-state index contributed by atoms with van der Waals surface area (Å²) >= 11 is 1.39. The van der Waals surface area contributed by atoms with Crippen LogP contribution in [-0.2, 0) is 6.54 Å². The molecular formula is C13H17N5S. The summed E-state index contributed by atoms with van der Waals surface area (Å²) in [6.07, 6.45) is 3.64. The number of hydrogen-bond acceptors (Lipinski definition) is 6. The number of hydrogen-bond donors (Lipinski definition) is 1. The maximum absolute atomic E-state index is 4.45. The average Bonchev–Trinajstić information content (AvgIpc) is 2.38. The Morgan fingerprint density at radius 3 is 2.11 bits per heavy atom. The summed E-state index contributed by atoms with van der Waals surface area (Å²) in [5.74, 6) is 0. The van der Waals surface area contributed by atoms with Crippen molar-refractivity contribution >= 4 is 11.8 Å². The lowest BCUT2D eigenvalue weighted by molar-refractivity contribution is 0.792. The van der Waals surface area contributed by atoms with E-state index in [2.05, 4.69) is 25.3 Å². The van der Waals surface area contributed by atoms with Crippen molar-refractivity contribution in [3.05, 3.63) is 34.9 Å². The van der Waals surface area contributed by atoms with Crippen LogP contribution in [0.25, 0.3) is 0 Å². The van der Waals surface area contributed by atoms with Gasteiger partial charge in [0.2, 0.25) is 0 Å². The Morgan fingerprint density at radius 1 is 1.00 bits per heavy atom. The first-order chi connectivity index (χ1) is 9.10. The summed E-state index contributed by atoms with van der Waals surface area (Å²) in [4.78, 5) is 17.5. The van der Waals surface area contributed by atoms with Crippen LogP contribution in [0.15, 0.2) is 22.7 Å². The van der Waals surface area contributed by atoms with Gasteiger partial charge in [0.25, 0.3) is 0 Å². The third kappa shape index (κ3) is 3.48. The van der Waals surface area contributed by atoms with E-state index >= 15 is 0 Å². The molecule has 0 fully saturated rings. The molecule has 6 heteroatoms. The van der Waals surface area contributed by atoms with E-state index < -0.39 is 0 Å². The van der Waals surface area contributed by atoms with Crippen LogP contribution in [0, 0.1) is 20.8 Å². The van der Waals surface area contributed by atoms with Crippen LogP contribution in [0.4, 0.5) is 0 Å². The fourth-order valence-electron chi connectivity index (χ4n) is 1.56. The largest absolute Gasteiger partial charge is 0.316 e. The minimum absolute atomic E-state index is 0.669. The molecule has 2 heterocycles. The van der Waals surface area contributed by atoms with Crippen molar-refractivity contribution in [2.75, 3.05) is 7.05 Å². The molecule has 19 heavy (non-hydrogen) atoms. The summed E-state index contributed by atoms with van der Waals surface area (Å²) in [6.45, 7) is 6.78. The fraction of sp³-hybridized carbons (Fsp3) is 0.385. The van der Waals surface area contributed by atoms with Crippen LogP contribution >= 0.6 is 11.8 Å². The topological polar surface area (TPSA) is 63.6 Å². The molecule has 0 unspecified atom stereocenters. The normalized spacial score (nSPS) is 10.7. The summed E-state index contributed by atoms with van der Waals surface area (Å²) in [5.41, 5.74) is 4.20. The minimum Gasteiger partial charge on any atom is -0.316 e. The number of nitrogens with zero attached hydrogens (tertiary/aromatic N) is 4. The van der Waals surface area contributed by atoms with E-state index in [-0.39, 0.29) is 0 Å². The number of aromatic nitrogens is 4. The van der Waals surface area contributed by atoms with Gasteiger partial charge in [0, 0.05) is 35.9 Å². The van der Waals surface area contributed by atoms with Gasteiger partial charge in [-0.2, -0.15) is 0 Å². The number of aryl methyl sites for hydroxylation is 2. The smallest absolute Gasteiger partial charge is 0.195 e. The van der Waals surface area contributed by atoms with Crippen LogP contribution < -0.4 is 5.32 Å². The Bertz CT molecular complexity index is 545. The lowest BCUT2D eigenvalue weighted by Gasteiger charge is -2.06. The molecule has 2 rings (SSSR count). The van der Waals surface area contributed by atoms with E-state index in [9.17, 15) is 0 Å². The first-order valence-electron chi connectivity index (χ1n) is 6.05. The van der Waals surface area contributed by atoms with E-state index in [0.29, 0.717) is 10.3 Å². The fourth-order valence-corrected chi connectivity index (χ4v) is 2.30. The van der Waals surface area contributed by atoms with Gasteiger partial charge in [-0.25, -0.2) is 19.9 Å². The summed E-state index contributed by atoms with van der Waals surface area (Å²) in [5, 5.41) is 4.43. The zero-order chi connectivity index (χ0) is 13.8.